The van der Waals surface area contributed by atoms with Crippen molar-refractivity contribution in [2.45, 2.75) is 44.7 Å². The molecular weight excluding hydrogens is 486 g/mol. The lowest BCUT2D eigenvalue weighted by Gasteiger charge is -2.35. The van der Waals surface area contributed by atoms with Crippen LogP contribution in [0.1, 0.15) is 54.7 Å². The predicted molar refractivity (Wildman–Crippen MR) is 140 cm³/mol. The number of amides is 2. The fraction of sp³-hybridized carbons (Fsp3) is 0.346. The smallest absolute Gasteiger partial charge is 0.411 e. The van der Waals surface area contributed by atoms with Crippen LogP contribution in [-0.2, 0) is 10.6 Å². The highest BCUT2D eigenvalue weighted by molar-refractivity contribution is 7.22. The molecule has 7 nitrogen and oxygen atoms in total. The first-order valence-electron chi connectivity index (χ1n) is 11.3. The van der Waals surface area contributed by atoms with Crippen LogP contribution in [0.25, 0.3) is 10.2 Å². The summed E-state index contributed by atoms with van der Waals surface area (Å²) in [6.07, 6.45) is 4.31. The third-order valence-corrected chi connectivity index (χ3v) is 6.87. The van der Waals surface area contributed by atoms with E-state index in [0.717, 1.165) is 15.8 Å². The van der Waals surface area contributed by atoms with Crippen molar-refractivity contribution in [3.8, 4) is 5.75 Å². The molecule has 0 fully saturated rings. The Hall–Kier alpha value is -3.10. The number of anilines is 1. The number of ether oxygens (including phenoxy) is 2. The molecule has 35 heavy (non-hydrogen) atoms. The number of benzene rings is 2. The molecule has 1 atom stereocenters. The molecule has 0 spiro atoms. The van der Waals surface area contributed by atoms with E-state index in [4.69, 9.17) is 21.1 Å². The number of carbonyl (C=O) groups excluding carboxylic acids is 2. The number of carbonyl (C=O) groups is 2. The van der Waals surface area contributed by atoms with Crippen molar-refractivity contribution < 1.29 is 19.1 Å². The third-order valence-electron chi connectivity index (χ3n) is 5.54. The van der Waals surface area contributed by atoms with Crippen LogP contribution in [0.3, 0.4) is 0 Å². The number of nitrogens with one attached hydrogen (secondary N) is 1. The fourth-order valence-electron chi connectivity index (χ4n) is 3.88. The molecule has 2 amide bonds. The van der Waals surface area contributed by atoms with Crippen molar-refractivity contribution >= 4 is 50.3 Å². The van der Waals surface area contributed by atoms with Crippen molar-refractivity contribution in [2.24, 2.45) is 0 Å². The number of halogens is 1. The normalized spacial score (nSPS) is 15.8. The molecule has 1 unspecified atom stereocenters. The summed E-state index contributed by atoms with van der Waals surface area (Å²) in [4.78, 5) is 32.2. The van der Waals surface area contributed by atoms with Crippen molar-refractivity contribution in [1.29, 1.82) is 0 Å². The van der Waals surface area contributed by atoms with Crippen LogP contribution in [0, 0.1) is 0 Å². The van der Waals surface area contributed by atoms with Crippen molar-refractivity contribution in [3.05, 3.63) is 65.2 Å². The first-order valence-corrected chi connectivity index (χ1v) is 12.6. The summed E-state index contributed by atoms with van der Waals surface area (Å²) >= 11 is 7.20. The van der Waals surface area contributed by atoms with Gasteiger partial charge >= 0.3 is 6.09 Å². The van der Waals surface area contributed by atoms with Gasteiger partial charge in [0.1, 0.15) is 16.9 Å². The van der Waals surface area contributed by atoms with E-state index in [9.17, 15) is 9.59 Å². The van der Waals surface area contributed by atoms with E-state index < -0.39 is 5.60 Å². The summed E-state index contributed by atoms with van der Waals surface area (Å²) < 4.78 is 12.1. The molecule has 2 aromatic carbocycles. The van der Waals surface area contributed by atoms with Gasteiger partial charge in [-0.05, 0) is 56.5 Å². The highest BCUT2D eigenvalue weighted by Crippen LogP contribution is 2.41. The van der Waals surface area contributed by atoms with E-state index in [1.807, 2.05) is 51.1 Å². The Bertz CT molecular complexity index is 1260. The Morgan fingerprint density at radius 1 is 1.17 bits per heavy atom. The van der Waals surface area contributed by atoms with Gasteiger partial charge < -0.3 is 9.47 Å². The number of fused-ring (bicyclic) bond motifs is 1. The molecule has 1 aliphatic rings. The Labute approximate surface area is 213 Å². The average Bonchev–Trinajstić information content (AvgIpc) is 3.26. The average molecular weight is 514 g/mol. The van der Waals surface area contributed by atoms with Crippen LogP contribution in [0.15, 0.2) is 48.6 Å². The molecule has 0 bridgehead atoms. The zero-order valence-corrected chi connectivity index (χ0v) is 21.7. The van der Waals surface area contributed by atoms with Gasteiger partial charge in [-0.25, -0.2) is 9.78 Å². The molecule has 184 valence electrons. The van der Waals surface area contributed by atoms with E-state index >= 15 is 0 Å². The highest BCUT2D eigenvalue weighted by Gasteiger charge is 2.32. The Morgan fingerprint density at radius 2 is 1.91 bits per heavy atom. The zero-order valence-electron chi connectivity index (χ0n) is 20.1. The minimum atomic E-state index is -0.595. The van der Waals surface area contributed by atoms with Gasteiger partial charge in [0, 0.05) is 18.0 Å². The molecule has 1 aliphatic heterocycles. The SMILES string of the molecule is COc1ccc(C2CC=CCN2C(=O)OC(C)(C)C)c2sc(NC(=O)c3ccc(CCl)cc3)nc12. The maximum absolute atomic E-state index is 13.0. The summed E-state index contributed by atoms with van der Waals surface area (Å²) in [6.45, 7) is 6.01. The van der Waals surface area contributed by atoms with Crippen LogP contribution in [0.4, 0.5) is 9.93 Å². The number of hydrogen-bond donors (Lipinski definition) is 1. The van der Waals surface area contributed by atoms with Gasteiger partial charge in [0.05, 0.1) is 17.9 Å². The first kappa shape index (κ1) is 25.0. The Morgan fingerprint density at radius 3 is 2.57 bits per heavy atom. The van der Waals surface area contributed by atoms with E-state index in [2.05, 4.69) is 16.4 Å². The number of thiazole rings is 1. The molecule has 2 heterocycles. The lowest BCUT2D eigenvalue weighted by Crippen LogP contribution is -2.40. The third kappa shape index (κ3) is 5.60. The molecule has 4 rings (SSSR count). The quantitative estimate of drug-likeness (QED) is 0.309. The molecule has 9 heteroatoms. The highest BCUT2D eigenvalue weighted by atomic mass is 35.5. The number of aromatic nitrogens is 1. The van der Waals surface area contributed by atoms with Crippen molar-refractivity contribution in [2.75, 3.05) is 19.0 Å². The summed E-state index contributed by atoms with van der Waals surface area (Å²) in [5.41, 5.74) is 2.43. The molecule has 1 aromatic heterocycles. The Kier molecular flexibility index (Phi) is 7.33. The number of alkyl halides is 1. The van der Waals surface area contributed by atoms with Crippen LogP contribution < -0.4 is 10.1 Å². The number of methoxy groups -OCH3 is 1. The van der Waals surface area contributed by atoms with Gasteiger partial charge in [-0.3, -0.25) is 15.0 Å². The standard InChI is InChI=1S/C26H28ClN3O4S/c1-26(2,3)34-25(32)30-14-6-5-7-19(30)18-12-13-20(33-4)21-22(18)35-24(28-21)29-23(31)17-10-8-16(15-27)9-11-17/h5-6,8-13,19H,7,14-15H2,1-4H3,(H,28,29,31). The lowest BCUT2D eigenvalue weighted by molar-refractivity contribution is 0.0177. The minimum absolute atomic E-state index is 0.227. The monoisotopic (exact) mass is 513 g/mol. The molecule has 0 saturated carbocycles. The molecule has 1 N–H and O–H groups in total. The van der Waals surface area contributed by atoms with Crippen LogP contribution >= 0.6 is 22.9 Å². The molecule has 0 aliphatic carbocycles. The topological polar surface area (TPSA) is 80.8 Å². The van der Waals surface area contributed by atoms with Gasteiger partial charge in [-0.2, -0.15) is 0 Å². The number of hydrogen-bond acceptors (Lipinski definition) is 6. The second-order valence-corrected chi connectivity index (χ2v) is 10.5. The minimum Gasteiger partial charge on any atom is -0.494 e. The molecule has 0 radical (unpaired) electrons. The second-order valence-electron chi connectivity index (χ2n) is 9.19. The maximum atomic E-state index is 13.0. The largest absolute Gasteiger partial charge is 0.494 e. The summed E-state index contributed by atoms with van der Waals surface area (Å²) in [5, 5.41) is 3.34. The van der Waals surface area contributed by atoms with E-state index in [0.29, 0.717) is 40.8 Å². The van der Waals surface area contributed by atoms with Crippen molar-refractivity contribution in [1.82, 2.24) is 9.88 Å². The van der Waals surface area contributed by atoms with Gasteiger partial charge in [0.15, 0.2) is 5.13 Å². The summed E-state index contributed by atoms with van der Waals surface area (Å²) in [6, 6.07) is 10.7. The van der Waals surface area contributed by atoms with E-state index in [1.165, 1.54) is 11.3 Å². The van der Waals surface area contributed by atoms with Gasteiger partial charge in [-0.15, -0.1) is 11.6 Å². The van der Waals surface area contributed by atoms with Gasteiger partial charge in [-0.1, -0.05) is 41.7 Å². The van der Waals surface area contributed by atoms with Crippen LogP contribution in [0.2, 0.25) is 0 Å². The molecule has 3 aromatic rings. The maximum Gasteiger partial charge on any atom is 0.411 e. The number of nitrogens with zero attached hydrogens (tertiary/aromatic N) is 2. The first-order chi connectivity index (χ1) is 16.7. The van der Waals surface area contributed by atoms with E-state index in [-0.39, 0.29) is 18.0 Å². The fourth-order valence-corrected chi connectivity index (χ4v) is 5.10. The summed E-state index contributed by atoms with van der Waals surface area (Å²) in [7, 11) is 1.58. The lowest BCUT2D eigenvalue weighted by atomic mass is 9.99. The second kappa shape index (κ2) is 10.3. The number of rotatable bonds is 5. The zero-order chi connectivity index (χ0) is 25.2. The van der Waals surface area contributed by atoms with Gasteiger partial charge in [0.2, 0.25) is 0 Å². The van der Waals surface area contributed by atoms with Crippen LogP contribution in [-0.4, -0.2) is 41.1 Å². The van der Waals surface area contributed by atoms with Gasteiger partial charge in [0.25, 0.3) is 5.91 Å². The molecular formula is C26H28ClN3O4S. The predicted octanol–water partition coefficient (Wildman–Crippen LogP) is 6.53. The van der Waals surface area contributed by atoms with E-state index in [1.54, 1.807) is 24.1 Å². The molecule has 0 saturated heterocycles. The van der Waals surface area contributed by atoms with Crippen LogP contribution in [0.5, 0.6) is 5.75 Å². The Balaban J connectivity index is 1.68. The summed E-state index contributed by atoms with van der Waals surface area (Å²) in [5.74, 6) is 0.725. The van der Waals surface area contributed by atoms with Crippen molar-refractivity contribution in [3.63, 3.8) is 0 Å².